The van der Waals surface area contributed by atoms with Crippen LogP contribution in [0.25, 0.3) is 11.1 Å². The average Bonchev–Trinajstić information content (AvgIpc) is 3.40. The molecule has 8 nitrogen and oxygen atoms in total. The average molecular weight is 498 g/mol. The maximum Gasteiger partial charge on any atom is 0.344 e. The van der Waals surface area contributed by atoms with E-state index in [0.717, 1.165) is 5.56 Å². The first kappa shape index (κ1) is 17.3. The molecule has 0 unspecified atom stereocenters. The smallest absolute Gasteiger partial charge is 0.344 e. The lowest BCUT2D eigenvalue weighted by Crippen LogP contribution is -2.27. The molecule has 1 heterocycles. The number of aliphatic carboxylic acids is 1. The van der Waals surface area contributed by atoms with Crippen molar-refractivity contribution in [3.8, 4) is 17.2 Å². The molecule has 4 aromatic rings. The van der Waals surface area contributed by atoms with Gasteiger partial charge in [0.25, 0.3) is 6.01 Å². The number of hydrogen-bond acceptors (Lipinski definition) is 7. The van der Waals surface area contributed by atoms with Crippen molar-refractivity contribution in [2.45, 2.75) is 32.4 Å². The van der Waals surface area contributed by atoms with Gasteiger partial charge >= 0.3 is 5.97 Å². The highest BCUT2D eigenvalue weighted by molar-refractivity contribution is 5.74. The normalized spacial score (nSPS) is 14.9. The lowest BCUT2D eigenvalue weighted by atomic mass is 10.2. The second kappa shape index (κ2) is 12.0. The molecule has 0 amide bonds. The molecule has 3 aromatic carbocycles. The van der Waals surface area contributed by atoms with Gasteiger partial charge in [0.2, 0.25) is 0 Å². The molecule has 0 fully saturated rings. The minimum absolute atomic E-state index is 0.00716. The van der Waals surface area contributed by atoms with E-state index in [0.29, 0.717) is 48.8 Å². The van der Waals surface area contributed by atoms with Crippen LogP contribution in [0.5, 0.6) is 17.2 Å². The third kappa shape index (κ3) is 6.47. The molecule has 0 aliphatic carbocycles. The van der Waals surface area contributed by atoms with E-state index in [9.17, 15) is 9.90 Å². The third-order valence-corrected chi connectivity index (χ3v) is 5.25. The summed E-state index contributed by atoms with van der Waals surface area (Å²) in [5.74, 6) is -1.65. The maximum absolute atomic E-state index is 11.4. The topological polar surface area (TPSA) is 94.3 Å². The number of carboxylic acid groups (broad SMARTS) is 1. The van der Waals surface area contributed by atoms with Crippen molar-refractivity contribution in [1.29, 1.82) is 0 Å². The monoisotopic (exact) mass is 497 g/mol. The lowest BCUT2D eigenvalue weighted by Gasteiger charge is -2.21. The van der Waals surface area contributed by atoms with E-state index in [1.165, 1.54) is 0 Å². The van der Waals surface area contributed by atoms with Crippen LogP contribution in [0.4, 0.5) is 6.01 Å². The molecular formula is C28H30N2O6. The number of oxazole rings is 1. The SMILES string of the molecule is [2H]c1c([2H])c(OC([2H])([2H])[2H])c([2H])c([2H])c1OCCCN(Cc1cccc(O[C@H](CC)C(=O)O)c1)c1nc2ccccc2o1. The standard InChI is InChI=1S/C28H30N2O6/c1-3-25(27(31)32)35-23-9-6-8-20(18-23)19-30(28-29-24-10-4-5-11-26(24)36-28)16-7-17-34-22-14-12-21(33-2)13-15-22/h4-6,8-15,18,25H,3,7,16-17,19H2,1-2H3,(H,31,32)/t25-/m1/s1/i2D3,12D,13D,14D,15D. The van der Waals surface area contributed by atoms with E-state index in [2.05, 4.69) is 9.72 Å². The van der Waals surface area contributed by atoms with Crippen LogP contribution in [0.15, 0.2) is 77.1 Å². The van der Waals surface area contributed by atoms with E-state index >= 15 is 0 Å². The Morgan fingerprint density at radius 1 is 1.14 bits per heavy atom. The van der Waals surface area contributed by atoms with Gasteiger partial charge in [-0.15, -0.1) is 0 Å². The van der Waals surface area contributed by atoms with Crippen LogP contribution in [0.3, 0.4) is 0 Å². The van der Waals surface area contributed by atoms with E-state index in [-0.39, 0.29) is 12.4 Å². The fourth-order valence-corrected chi connectivity index (χ4v) is 3.49. The Morgan fingerprint density at radius 3 is 2.69 bits per heavy atom. The highest BCUT2D eigenvalue weighted by atomic mass is 16.5. The summed E-state index contributed by atoms with van der Waals surface area (Å²) in [5.41, 5.74) is 2.04. The van der Waals surface area contributed by atoms with Crippen molar-refractivity contribution in [2.75, 3.05) is 25.1 Å². The fraction of sp³-hybridized carbons (Fsp3) is 0.286. The van der Waals surface area contributed by atoms with Crippen molar-refractivity contribution in [3.05, 3.63) is 78.3 Å². The number of benzene rings is 3. The van der Waals surface area contributed by atoms with Gasteiger partial charge in [-0.2, -0.15) is 4.98 Å². The Hall–Kier alpha value is -4.20. The van der Waals surface area contributed by atoms with Crippen molar-refractivity contribution in [3.63, 3.8) is 0 Å². The van der Waals surface area contributed by atoms with E-state index in [4.69, 9.17) is 23.5 Å². The number of hydrogen-bond donors (Lipinski definition) is 1. The van der Waals surface area contributed by atoms with Crippen LogP contribution < -0.4 is 19.1 Å². The maximum atomic E-state index is 11.4. The first-order valence-electron chi connectivity index (χ1n) is 14.9. The van der Waals surface area contributed by atoms with Crippen LogP contribution in [-0.4, -0.2) is 42.4 Å². The Labute approximate surface area is 219 Å². The van der Waals surface area contributed by atoms with Gasteiger partial charge in [0.1, 0.15) is 22.8 Å². The van der Waals surface area contributed by atoms with Crippen LogP contribution in [0.2, 0.25) is 0 Å². The Morgan fingerprint density at radius 2 is 1.94 bits per heavy atom. The minimum Gasteiger partial charge on any atom is -0.497 e. The van der Waals surface area contributed by atoms with E-state index in [1.54, 1.807) is 31.2 Å². The Kier molecular flexibility index (Phi) is 5.74. The molecule has 1 N–H and O–H groups in total. The van der Waals surface area contributed by atoms with Gasteiger partial charge in [-0.25, -0.2) is 4.79 Å². The predicted octanol–water partition coefficient (Wildman–Crippen LogP) is 5.55. The number of fused-ring (bicyclic) bond motifs is 1. The number of nitrogens with zero attached hydrogens (tertiary/aromatic N) is 2. The summed E-state index contributed by atoms with van der Waals surface area (Å²) < 4.78 is 76.2. The molecule has 0 saturated carbocycles. The number of rotatable bonds is 13. The lowest BCUT2D eigenvalue weighted by molar-refractivity contribution is -0.145. The zero-order valence-corrected chi connectivity index (χ0v) is 19.6. The molecule has 8 heteroatoms. The molecule has 188 valence electrons. The minimum atomic E-state index is -2.94. The van der Waals surface area contributed by atoms with E-state index < -0.39 is 49.0 Å². The van der Waals surface area contributed by atoms with Gasteiger partial charge in [0.05, 0.1) is 23.2 Å². The fourth-order valence-electron chi connectivity index (χ4n) is 3.49. The van der Waals surface area contributed by atoms with Crippen molar-refractivity contribution >= 4 is 23.1 Å². The number of para-hydroxylation sites is 2. The summed E-state index contributed by atoms with van der Waals surface area (Å²) in [6.07, 6.45) is -0.335. The zero-order valence-electron chi connectivity index (χ0n) is 26.6. The number of aromatic nitrogens is 1. The second-order valence-corrected chi connectivity index (χ2v) is 7.85. The Bertz CT molecular complexity index is 1530. The molecule has 36 heavy (non-hydrogen) atoms. The highest BCUT2D eigenvalue weighted by Gasteiger charge is 2.18. The summed E-state index contributed by atoms with van der Waals surface area (Å²) in [5, 5.41) is 9.35. The molecule has 0 saturated heterocycles. The van der Waals surface area contributed by atoms with Crippen molar-refractivity contribution in [1.82, 2.24) is 4.98 Å². The molecule has 0 spiro atoms. The summed E-state index contributed by atoms with van der Waals surface area (Å²) in [4.78, 5) is 17.9. The molecular weight excluding hydrogens is 460 g/mol. The van der Waals surface area contributed by atoms with Crippen LogP contribution >= 0.6 is 0 Å². The summed E-state index contributed by atoms with van der Waals surface area (Å²) in [6, 6.07) is 12.2. The first-order chi connectivity index (χ1) is 20.4. The van der Waals surface area contributed by atoms with Gasteiger partial charge in [-0.3, -0.25) is 0 Å². The van der Waals surface area contributed by atoms with Gasteiger partial charge in [0, 0.05) is 13.1 Å². The number of ether oxygens (including phenoxy) is 3. The second-order valence-electron chi connectivity index (χ2n) is 7.85. The quantitative estimate of drug-likeness (QED) is 0.240. The summed E-state index contributed by atoms with van der Waals surface area (Å²) in [7, 11) is -2.94. The molecule has 0 aliphatic rings. The predicted molar refractivity (Wildman–Crippen MR) is 137 cm³/mol. The highest BCUT2D eigenvalue weighted by Crippen LogP contribution is 2.25. The molecule has 4 rings (SSSR count). The van der Waals surface area contributed by atoms with Crippen LogP contribution in [0, 0.1) is 0 Å². The molecule has 0 bridgehead atoms. The van der Waals surface area contributed by atoms with Crippen molar-refractivity contribution in [2.24, 2.45) is 0 Å². The molecule has 1 aromatic heterocycles. The number of carboxylic acids is 1. The van der Waals surface area contributed by atoms with Gasteiger partial charge < -0.3 is 28.6 Å². The van der Waals surface area contributed by atoms with Gasteiger partial charge in [0.15, 0.2) is 11.7 Å². The van der Waals surface area contributed by atoms with E-state index in [1.807, 2.05) is 29.2 Å². The van der Waals surface area contributed by atoms with Gasteiger partial charge in [-0.05, 0) is 66.8 Å². The Balaban J connectivity index is 1.51. The van der Waals surface area contributed by atoms with Crippen LogP contribution in [0.1, 0.15) is 34.9 Å². The summed E-state index contributed by atoms with van der Waals surface area (Å²) in [6.45, 7) is 2.37. The molecule has 1 atom stereocenters. The molecule has 0 aliphatic heterocycles. The third-order valence-electron chi connectivity index (χ3n) is 5.25. The van der Waals surface area contributed by atoms with Crippen molar-refractivity contribution < 1.29 is 38.1 Å². The largest absolute Gasteiger partial charge is 0.497 e. The van der Waals surface area contributed by atoms with Crippen LogP contribution in [-0.2, 0) is 11.3 Å². The number of carbonyl (C=O) groups is 1. The summed E-state index contributed by atoms with van der Waals surface area (Å²) >= 11 is 0. The number of anilines is 1. The number of methoxy groups -OCH3 is 1. The zero-order chi connectivity index (χ0) is 31.3. The van der Waals surface area contributed by atoms with Gasteiger partial charge in [-0.1, -0.05) is 31.2 Å². The molecule has 0 radical (unpaired) electrons. The first-order valence-corrected chi connectivity index (χ1v) is 11.4.